The van der Waals surface area contributed by atoms with E-state index < -0.39 is 10.0 Å². The number of rotatable bonds is 8. The average molecular weight is 393 g/mol. The number of hydrogen-bond acceptors (Lipinski definition) is 6. The van der Waals surface area contributed by atoms with Crippen LogP contribution in [-0.2, 0) is 15.8 Å². The van der Waals surface area contributed by atoms with Gasteiger partial charge in [-0.1, -0.05) is 12.1 Å². The number of nitrogens with one attached hydrogen (secondary N) is 2. The van der Waals surface area contributed by atoms with Crippen molar-refractivity contribution >= 4 is 21.8 Å². The predicted octanol–water partition coefficient (Wildman–Crippen LogP) is 2.06. The van der Waals surface area contributed by atoms with Gasteiger partial charge < -0.3 is 10.2 Å². The van der Waals surface area contributed by atoms with Gasteiger partial charge in [-0.05, 0) is 37.5 Å². The zero-order chi connectivity index (χ0) is 19.3. The summed E-state index contributed by atoms with van der Waals surface area (Å²) in [6.45, 7) is 4.49. The molecule has 1 aliphatic heterocycles. The summed E-state index contributed by atoms with van der Waals surface area (Å²) in [6, 6.07) is 7.39. The number of anilines is 2. The molecule has 0 spiro atoms. The van der Waals surface area contributed by atoms with E-state index in [1.807, 2.05) is 13.0 Å². The molecule has 1 aliphatic rings. The third kappa shape index (κ3) is 5.86. The van der Waals surface area contributed by atoms with E-state index >= 15 is 0 Å². The summed E-state index contributed by atoms with van der Waals surface area (Å²) in [5.41, 5.74) is 1.40. The minimum absolute atomic E-state index is 0.187. The Balaban J connectivity index is 1.50. The number of aromatic nitrogens is 2. The summed E-state index contributed by atoms with van der Waals surface area (Å²) in [7, 11) is -3.49. The lowest BCUT2D eigenvalue weighted by Crippen LogP contribution is -2.30. The fourth-order valence-corrected chi connectivity index (χ4v) is 4.12. The van der Waals surface area contributed by atoms with Gasteiger partial charge >= 0.3 is 0 Å². The van der Waals surface area contributed by atoms with Crippen molar-refractivity contribution in [2.24, 2.45) is 0 Å². The zero-order valence-electron chi connectivity index (χ0n) is 15.3. The van der Waals surface area contributed by atoms with Crippen molar-refractivity contribution in [2.45, 2.75) is 25.5 Å². The van der Waals surface area contributed by atoms with E-state index in [2.05, 4.69) is 24.9 Å². The van der Waals surface area contributed by atoms with Gasteiger partial charge in [0.25, 0.3) is 0 Å². The molecule has 2 heterocycles. The lowest BCUT2D eigenvalue weighted by atomic mass is 10.2. The van der Waals surface area contributed by atoms with Crippen molar-refractivity contribution in [3.05, 3.63) is 47.4 Å². The zero-order valence-corrected chi connectivity index (χ0v) is 16.1. The summed E-state index contributed by atoms with van der Waals surface area (Å²) in [5, 5.41) is 3.07. The number of halogens is 1. The maximum absolute atomic E-state index is 12.9. The first-order valence-corrected chi connectivity index (χ1v) is 10.6. The maximum atomic E-state index is 12.9. The molecule has 0 atom stereocenters. The van der Waals surface area contributed by atoms with Crippen LogP contribution in [0.2, 0.25) is 0 Å². The third-order valence-corrected chi connectivity index (χ3v) is 5.63. The smallest absolute Gasteiger partial charge is 0.224 e. The van der Waals surface area contributed by atoms with Crippen LogP contribution < -0.4 is 14.9 Å². The summed E-state index contributed by atoms with van der Waals surface area (Å²) < 4.78 is 39.6. The first-order valence-electron chi connectivity index (χ1n) is 8.97. The number of nitrogens with zero attached hydrogens (tertiary/aromatic N) is 3. The highest BCUT2D eigenvalue weighted by atomic mass is 32.2. The van der Waals surface area contributed by atoms with Gasteiger partial charge in [0.1, 0.15) is 11.6 Å². The van der Waals surface area contributed by atoms with E-state index in [1.54, 1.807) is 0 Å². The fourth-order valence-electron chi connectivity index (χ4n) is 2.97. The van der Waals surface area contributed by atoms with Gasteiger partial charge in [0.2, 0.25) is 16.0 Å². The molecule has 0 bridgehead atoms. The predicted molar refractivity (Wildman–Crippen MR) is 104 cm³/mol. The molecule has 1 fully saturated rings. The normalized spacial score (nSPS) is 14.5. The van der Waals surface area contributed by atoms with Crippen molar-refractivity contribution in [1.82, 2.24) is 14.7 Å². The number of benzene rings is 1. The lowest BCUT2D eigenvalue weighted by molar-refractivity contribution is 0.581. The van der Waals surface area contributed by atoms with Crippen molar-refractivity contribution in [2.75, 3.05) is 36.4 Å². The van der Waals surface area contributed by atoms with Gasteiger partial charge in [-0.15, -0.1) is 0 Å². The minimum Gasteiger partial charge on any atom is -0.356 e. The van der Waals surface area contributed by atoms with Crippen LogP contribution in [-0.4, -0.2) is 44.6 Å². The van der Waals surface area contributed by atoms with Crippen LogP contribution in [0.5, 0.6) is 0 Å². The van der Waals surface area contributed by atoms with Crippen molar-refractivity contribution in [1.29, 1.82) is 0 Å². The number of hydrogen-bond donors (Lipinski definition) is 2. The average Bonchev–Trinajstić information content (AvgIpc) is 3.15. The van der Waals surface area contributed by atoms with E-state index in [9.17, 15) is 12.8 Å². The molecule has 0 amide bonds. The van der Waals surface area contributed by atoms with Gasteiger partial charge in [0, 0.05) is 37.9 Å². The molecule has 3 rings (SSSR count). The maximum Gasteiger partial charge on any atom is 0.224 e. The van der Waals surface area contributed by atoms with Crippen molar-refractivity contribution < 1.29 is 12.8 Å². The molecule has 0 unspecified atom stereocenters. The Kier molecular flexibility index (Phi) is 6.22. The van der Waals surface area contributed by atoms with Crippen molar-refractivity contribution in [3.8, 4) is 0 Å². The quantitative estimate of drug-likeness (QED) is 0.668. The second-order valence-electron chi connectivity index (χ2n) is 6.59. The molecule has 0 radical (unpaired) electrons. The molecule has 2 aromatic rings. The Hall–Kier alpha value is -2.26. The molecule has 1 saturated heterocycles. The molecule has 2 N–H and O–H groups in total. The van der Waals surface area contributed by atoms with E-state index in [0.29, 0.717) is 18.1 Å². The standard InChI is InChI=1S/C18H24FN5O2S/c1-14-12-17(24-10-2-3-11-24)23-18(22-14)20-8-9-21-27(25,26)13-15-4-6-16(19)7-5-15/h4-7,12,21H,2-3,8-11,13H2,1H3,(H,20,22,23). The highest BCUT2D eigenvalue weighted by molar-refractivity contribution is 7.88. The second-order valence-corrected chi connectivity index (χ2v) is 8.40. The largest absolute Gasteiger partial charge is 0.356 e. The molecule has 0 saturated carbocycles. The molecule has 27 heavy (non-hydrogen) atoms. The Morgan fingerprint density at radius 2 is 1.81 bits per heavy atom. The molecule has 146 valence electrons. The van der Waals surface area contributed by atoms with Crippen LogP contribution in [0.3, 0.4) is 0 Å². The third-order valence-electron chi connectivity index (χ3n) is 4.27. The first-order chi connectivity index (χ1) is 12.9. The van der Waals surface area contributed by atoms with E-state index in [-0.39, 0.29) is 18.1 Å². The summed E-state index contributed by atoms with van der Waals surface area (Å²) in [6.07, 6.45) is 2.34. The van der Waals surface area contributed by atoms with Gasteiger partial charge in [-0.25, -0.2) is 22.5 Å². The van der Waals surface area contributed by atoms with Gasteiger partial charge in [0.15, 0.2) is 0 Å². The summed E-state index contributed by atoms with van der Waals surface area (Å²) >= 11 is 0. The number of aryl methyl sites for hydroxylation is 1. The summed E-state index contributed by atoms with van der Waals surface area (Å²) in [5.74, 6) is 0.821. The second kappa shape index (κ2) is 8.62. The Morgan fingerprint density at radius 1 is 1.11 bits per heavy atom. The van der Waals surface area contributed by atoms with E-state index in [1.165, 1.54) is 37.1 Å². The van der Waals surface area contributed by atoms with Crippen LogP contribution in [0.15, 0.2) is 30.3 Å². The molecule has 1 aromatic carbocycles. The van der Waals surface area contributed by atoms with Crippen LogP contribution in [0.4, 0.5) is 16.2 Å². The number of sulfonamides is 1. The topological polar surface area (TPSA) is 87.2 Å². The lowest BCUT2D eigenvalue weighted by Gasteiger charge is -2.17. The highest BCUT2D eigenvalue weighted by Crippen LogP contribution is 2.19. The Labute approximate surface area is 159 Å². The van der Waals surface area contributed by atoms with Crippen LogP contribution in [0, 0.1) is 12.7 Å². The van der Waals surface area contributed by atoms with Crippen LogP contribution in [0.25, 0.3) is 0 Å². The van der Waals surface area contributed by atoms with Gasteiger partial charge in [0.05, 0.1) is 5.75 Å². The highest BCUT2D eigenvalue weighted by Gasteiger charge is 2.15. The molecule has 7 nitrogen and oxygen atoms in total. The SMILES string of the molecule is Cc1cc(N2CCCC2)nc(NCCNS(=O)(=O)Cc2ccc(F)cc2)n1. The van der Waals surface area contributed by atoms with Crippen molar-refractivity contribution in [3.63, 3.8) is 0 Å². The Morgan fingerprint density at radius 3 is 2.52 bits per heavy atom. The minimum atomic E-state index is -3.49. The first kappa shape index (κ1) is 19.5. The molecule has 0 aliphatic carbocycles. The van der Waals surface area contributed by atoms with Crippen LogP contribution in [0.1, 0.15) is 24.1 Å². The molecular weight excluding hydrogens is 369 g/mol. The van der Waals surface area contributed by atoms with E-state index in [0.717, 1.165) is 24.6 Å². The van der Waals surface area contributed by atoms with Crippen LogP contribution >= 0.6 is 0 Å². The fraction of sp³-hybridized carbons (Fsp3) is 0.444. The van der Waals surface area contributed by atoms with Gasteiger partial charge in [-0.3, -0.25) is 0 Å². The monoisotopic (exact) mass is 393 g/mol. The molecular formula is C18H24FN5O2S. The molecule has 9 heteroatoms. The summed E-state index contributed by atoms with van der Waals surface area (Å²) in [4.78, 5) is 11.1. The molecule has 1 aromatic heterocycles. The Bertz CT molecular complexity index is 868. The van der Waals surface area contributed by atoms with Gasteiger partial charge in [-0.2, -0.15) is 4.98 Å². The van der Waals surface area contributed by atoms with E-state index in [4.69, 9.17) is 0 Å².